The maximum Gasteiger partial charge on any atom is 0.242 e. The maximum atomic E-state index is 13.1. The minimum Gasteiger partial charge on any atom is -0.352 e. The van der Waals surface area contributed by atoms with E-state index in [0.29, 0.717) is 10.0 Å². The predicted octanol–water partition coefficient (Wildman–Crippen LogP) is 4.87. The number of halogens is 2. The standard InChI is InChI=1S/C22H26Cl2N2O2/c1-4-15(2)25-22(28)16(3)26(14-18-10-6-8-12-20(18)24)21(27)13-17-9-5-7-11-19(17)23/h5-12,15-16H,4,13-14H2,1-3H3,(H,25,28)/t15-,16+/m0/s1. The number of carbonyl (C=O) groups excluding carboxylic acids is 2. The zero-order chi connectivity index (χ0) is 20.7. The number of hydrogen-bond acceptors (Lipinski definition) is 2. The Hall–Kier alpha value is -2.04. The van der Waals surface area contributed by atoms with Gasteiger partial charge >= 0.3 is 0 Å². The van der Waals surface area contributed by atoms with Crippen LogP contribution < -0.4 is 5.32 Å². The monoisotopic (exact) mass is 420 g/mol. The Balaban J connectivity index is 2.26. The molecule has 2 atom stereocenters. The molecule has 0 spiro atoms. The molecule has 28 heavy (non-hydrogen) atoms. The molecule has 6 heteroatoms. The molecule has 2 rings (SSSR count). The van der Waals surface area contributed by atoms with Gasteiger partial charge in [0.05, 0.1) is 6.42 Å². The van der Waals surface area contributed by atoms with Crippen molar-refractivity contribution in [2.45, 2.75) is 52.2 Å². The van der Waals surface area contributed by atoms with Crippen molar-refractivity contribution in [1.29, 1.82) is 0 Å². The van der Waals surface area contributed by atoms with Crippen LogP contribution in [0.15, 0.2) is 48.5 Å². The third-order valence-corrected chi connectivity index (χ3v) is 5.50. The van der Waals surface area contributed by atoms with Crippen molar-refractivity contribution in [2.75, 3.05) is 0 Å². The van der Waals surface area contributed by atoms with Crippen molar-refractivity contribution >= 4 is 35.0 Å². The van der Waals surface area contributed by atoms with Gasteiger partial charge in [-0.05, 0) is 43.5 Å². The second-order valence-electron chi connectivity index (χ2n) is 6.88. The summed E-state index contributed by atoms with van der Waals surface area (Å²) >= 11 is 12.5. The summed E-state index contributed by atoms with van der Waals surface area (Å²) in [6.45, 7) is 5.92. The molecule has 4 nitrogen and oxygen atoms in total. The summed E-state index contributed by atoms with van der Waals surface area (Å²) in [7, 11) is 0. The van der Waals surface area contributed by atoms with Crippen LogP contribution in [0.25, 0.3) is 0 Å². The van der Waals surface area contributed by atoms with Gasteiger partial charge in [-0.3, -0.25) is 9.59 Å². The molecule has 2 aromatic carbocycles. The highest BCUT2D eigenvalue weighted by atomic mass is 35.5. The van der Waals surface area contributed by atoms with Gasteiger partial charge in [-0.25, -0.2) is 0 Å². The van der Waals surface area contributed by atoms with Gasteiger partial charge in [0.2, 0.25) is 11.8 Å². The molecular weight excluding hydrogens is 395 g/mol. The molecule has 0 radical (unpaired) electrons. The van der Waals surface area contributed by atoms with E-state index in [1.54, 1.807) is 24.0 Å². The lowest BCUT2D eigenvalue weighted by molar-refractivity contribution is -0.140. The largest absolute Gasteiger partial charge is 0.352 e. The molecule has 0 unspecified atom stereocenters. The average molecular weight is 421 g/mol. The van der Waals surface area contributed by atoms with E-state index >= 15 is 0 Å². The summed E-state index contributed by atoms with van der Waals surface area (Å²) in [4.78, 5) is 27.4. The first-order valence-corrected chi connectivity index (χ1v) is 10.2. The molecule has 150 valence electrons. The van der Waals surface area contributed by atoms with E-state index in [1.807, 2.05) is 50.2 Å². The van der Waals surface area contributed by atoms with Crippen molar-refractivity contribution in [1.82, 2.24) is 10.2 Å². The topological polar surface area (TPSA) is 49.4 Å². The minimum atomic E-state index is -0.639. The summed E-state index contributed by atoms with van der Waals surface area (Å²) in [6, 6.07) is 14.0. The summed E-state index contributed by atoms with van der Waals surface area (Å²) in [5.41, 5.74) is 1.52. The van der Waals surface area contributed by atoms with E-state index in [9.17, 15) is 9.59 Å². The number of benzene rings is 2. The first kappa shape index (κ1) is 22.3. The number of nitrogens with one attached hydrogen (secondary N) is 1. The van der Waals surface area contributed by atoms with Crippen LogP contribution in [0.4, 0.5) is 0 Å². The third-order valence-electron chi connectivity index (χ3n) is 4.77. The highest BCUT2D eigenvalue weighted by Gasteiger charge is 2.27. The van der Waals surface area contributed by atoms with Crippen LogP contribution in [0.1, 0.15) is 38.3 Å². The molecule has 2 aromatic rings. The lowest BCUT2D eigenvalue weighted by Gasteiger charge is -2.30. The molecule has 0 aliphatic heterocycles. The fourth-order valence-electron chi connectivity index (χ4n) is 2.76. The molecule has 0 aliphatic rings. The number of rotatable bonds is 8. The van der Waals surface area contributed by atoms with E-state index < -0.39 is 6.04 Å². The molecule has 0 saturated heterocycles. The van der Waals surface area contributed by atoms with Crippen molar-refractivity contribution in [3.63, 3.8) is 0 Å². The maximum absolute atomic E-state index is 13.1. The van der Waals surface area contributed by atoms with E-state index in [-0.39, 0.29) is 30.8 Å². The van der Waals surface area contributed by atoms with Crippen LogP contribution in [-0.4, -0.2) is 28.8 Å². The lowest BCUT2D eigenvalue weighted by Crippen LogP contribution is -2.50. The fraction of sp³-hybridized carbons (Fsp3) is 0.364. The van der Waals surface area contributed by atoms with Crippen LogP contribution >= 0.6 is 23.2 Å². The smallest absolute Gasteiger partial charge is 0.242 e. The summed E-state index contributed by atoms with van der Waals surface area (Å²) < 4.78 is 0. The van der Waals surface area contributed by atoms with Crippen molar-refractivity contribution in [3.05, 3.63) is 69.7 Å². The zero-order valence-corrected chi connectivity index (χ0v) is 17.9. The van der Waals surface area contributed by atoms with Gasteiger partial charge in [-0.15, -0.1) is 0 Å². The Morgan fingerprint density at radius 2 is 1.50 bits per heavy atom. The van der Waals surface area contributed by atoms with Crippen molar-refractivity contribution in [2.24, 2.45) is 0 Å². The minimum absolute atomic E-state index is 0.0378. The van der Waals surface area contributed by atoms with Crippen molar-refractivity contribution in [3.8, 4) is 0 Å². The molecule has 2 amide bonds. The molecular formula is C22H26Cl2N2O2. The van der Waals surface area contributed by atoms with Gasteiger partial charge in [0.25, 0.3) is 0 Å². The van der Waals surface area contributed by atoms with Gasteiger partial charge in [0.1, 0.15) is 6.04 Å². The number of hydrogen-bond donors (Lipinski definition) is 1. The zero-order valence-electron chi connectivity index (χ0n) is 16.4. The quantitative estimate of drug-likeness (QED) is 0.661. The molecule has 0 saturated carbocycles. The van der Waals surface area contributed by atoms with Gasteiger partial charge in [0.15, 0.2) is 0 Å². The lowest BCUT2D eigenvalue weighted by atomic mass is 10.1. The Morgan fingerprint density at radius 1 is 0.964 bits per heavy atom. The predicted molar refractivity (Wildman–Crippen MR) is 115 cm³/mol. The number of carbonyl (C=O) groups is 2. The van der Waals surface area contributed by atoms with Gasteiger partial charge < -0.3 is 10.2 Å². The Labute approximate surface area is 176 Å². The molecule has 0 aromatic heterocycles. The molecule has 1 N–H and O–H groups in total. The van der Waals surface area contributed by atoms with Crippen molar-refractivity contribution < 1.29 is 9.59 Å². The third kappa shape index (κ3) is 5.98. The van der Waals surface area contributed by atoms with Crippen LogP contribution in [0.2, 0.25) is 10.0 Å². The van der Waals surface area contributed by atoms with E-state index in [0.717, 1.165) is 17.5 Å². The molecule has 0 heterocycles. The number of nitrogens with zero attached hydrogens (tertiary/aromatic N) is 1. The first-order valence-electron chi connectivity index (χ1n) is 9.40. The van der Waals surface area contributed by atoms with Crippen LogP contribution in [0, 0.1) is 0 Å². The fourth-order valence-corrected chi connectivity index (χ4v) is 3.16. The molecule has 0 aliphatic carbocycles. The van der Waals surface area contributed by atoms with Crippen LogP contribution in [0.5, 0.6) is 0 Å². The second-order valence-corrected chi connectivity index (χ2v) is 7.69. The normalized spacial score (nSPS) is 12.9. The summed E-state index contributed by atoms with van der Waals surface area (Å²) in [5.74, 6) is -0.367. The SMILES string of the molecule is CC[C@H](C)NC(=O)[C@@H](C)N(Cc1ccccc1Cl)C(=O)Cc1ccccc1Cl. The first-order chi connectivity index (χ1) is 13.3. The van der Waals surface area contributed by atoms with Crippen LogP contribution in [0.3, 0.4) is 0 Å². The average Bonchev–Trinajstić information content (AvgIpc) is 2.68. The van der Waals surface area contributed by atoms with E-state index in [2.05, 4.69) is 5.32 Å². The highest BCUT2D eigenvalue weighted by molar-refractivity contribution is 6.31. The van der Waals surface area contributed by atoms with E-state index in [1.165, 1.54) is 0 Å². The Kier molecular flexibility index (Phi) is 8.34. The molecule has 0 fully saturated rings. The van der Waals surface area contributed by atoms with Gasteiger partial charge in [0, 0.05) is 22.6 Å². The van der Waals surface area contributed by atoms with Crippen LogP contribution in [-0.2, 0) is 22.6 Å². The Morgan fingerprint density at radius 3 is 2.04 bits per heavy atom. The molecule has 0 bridgehead atoms. The second kappa shape index (κ2) is 10.5. The van der Waals surface area contributed by atoms with E-state index in [4.69, 9.17) is 23.2 Å². The summed E-state index contributed by atoms with van der Waals surface area (Å²) in [5, 5.41) is 4.04. The van der Waals surface area contributed by atoms with Gasteiger partial charge in [-0.1, -0.05) is 66.5 Å². The summed E-state index contributed by atoms with van der Waals surface area (Å²) in [6.07, 6.45) is 0.932. The number of amides is 2. The highest BCUT2D eigenvalue weighted by Crippen LogP contribution is 2.21. The van der Waals surface area contributed by atoms with Gasteiger partial charge in [-0.2, -0.15) is 0 Å². The Bertz CT molecular complexity index is 826.